The highest BCUT2D eigenvalue weighted by Crippen LogP contribution is 2.32. The molecule has 26 heavy (non-hydrogen) atoms. The van der Waals surface area contributed by atoms with Crippen LogP contribution in [0.15, 0.2) is 0 Å². The normalized spacial score (nSPS) is 23.3. The number of hydrogen-bond donors (Lipinski definition) is 1. The minimum atomic E-state index is -0.464. The number of piperidine rings is 1. The molecule has 144 valence electrons. The van der Waals surface area contributed by atoms with Gasteiger partial charge in [0.25, 0.3) is 0 Å². The smallest absolute Gasteiger partial charge is 0.407 e. The number of nitrogens with zero attached hydrogens (tertiary/aromatic N) is 3. The summed E-state index contributed by atoms with van der Waals surface area (Å²) in [5, 5.41) is 3.03. The lowest BCUT2D eigenvalue weighted by molar-refractivity contribution is 0.0494. The zero-order chi connectivity index (χ0) is 18.9. The van der Waals surface area contributed by atoms with Gasteiger partial charge < -0.3 is 15.0 Å². The van der Waals surface area contributed by atoms with E-state index in [1.54, 1.807) is 0 Å². The van der Waals surface area contributed by atoms with E-state index in [4.69, 9.17) is 9.72 Å². The largest absolute Gasteiger partial charge is 0.444 e. The second-order valence-corrected chi connectivity index (χ2v) is 8.64. The molecule has 1 aliphatic carbocycles. The highest BCUT2D eigenvalue weighted by molar-refractivity contribution is 5.68. The minimum absolute atomic E-state index is 0.148. The van der Waals surface area contributed by atoms with Gasteiger partial charge in [0.05, 0.1) is 0 Å². The molecule has 2 heterocycles. The average Bonchev–Trinajstić information content (AvgIpc) is 2.52. The third-order valence-electron chi connectivity index (χ3n) is 5.14. The summed E-state index contributed by atoms with van der Waals surface area (Å²) in [6.07, 6.45) is 6.07. The molecule has 1 aromatic rings. The molecule has 0 aromatic carbocycles. The fourth-order valence-electron chi connectivity index (χ4n) is 4.02. The van der Waals surface area contributed by atoms with Crippen molar-refractivity contribution in [3.05, 3.63) is 17.1 Å². The maximum absolute atomic E-state index is 12.1. The van der Waals surface area contributed by atoms with Crippen LogP contribution < -0.4 is 10.2 Å². The summed E-state index contributed by atoms with van der Waals surface area (Å²) in [7, 11) is 0. The van der Waals surface area contributed by atoms with Gasteiger partial charge >= 0.3 is 6.09 Å². The zero-order valence-corrected chi connectivity index (χ0v) is 16.8. The standard InChI is InChI=1S/C20H32N4O2/c1-13-12-15(23-19(25)26-20(3,4)5)10-11-24(13)18-16-8-6-7-9-17(16)21-14(2)22-18/h13,15H,6-12H2,1-5H3,(H,23,25). The molecular formula is C20H32N4O2. The van der Waals surface area contributed by atoms with Crippen LogP contribution in [0.1, 0.15) is 70.5 Å². The van der Waals surface area contributed by atoms with Crippen LogP contribution in [-0.4, -0.2) is 40.3 Å². The van der Waals surface area contributed by atoms with Crippen molar-refractivity contribution in [3.8, 4) is 0 Å². The molecule has 0 bridgehead atoms. The minimum Gasteiger partial charge on any atom is -0.444 e. The van der Waals surface area contributed by atoms with Crippen LogP contribution in [0.3, 0.4) is 0 Å². The summed E-state index contributed by atoms with van der Waals surface area (Å²) < 4.78 is 5.39. The van der Waals surface area contributed by atoms with Gasteiger partial charge in [-0.1, -0.05) is 0 Å². The van der Waals surface area contributed by atoms with E-state index in [9.17, 15) is 4.79 Å². The van der Waals surface area contributed by atoms with Crippen molar-refractivity contribution in [1.29, 1.82) is 0 Å². The molecule has 2 unspecified atom stereocenters. The van der Waals surface area contributed by atoms with E-state index in [0.717, 1.165) is 43.9 Å². The van der Waals surface area contributed by atoms with Crippen LogP contribution in [0, 0.1) is 6.92 Å². The number of ether oxygens (including phenoxy) is 1. The molecule has 2 atom stereocenters. The first-order valence-corrected chi connectivity index (χ1v) is 9.85. The molecule has 0 saturated carbocycles. The molecule has 1 N–H and O–H groups in total. The lowest BCUT2D eigenvalue weighted by Gasteiger charge is -2.40. The van der Waals surface area contributed by atoms with E-state index in [1.165, 1.54) is 24.1 Å². The van der Waals surface area contributed by atoms with Crippen molar-refractivity contribution < 1.29 is 9.53 Å². The number of alkyl carbamates (subject to hydrolysis) is 1. The highest BCUT2D eigenvalue weighted by atomic mass is 16.6. The number of amides is 1. The van der Waals surface area contributed by atoms with E-state index >= 15 is 0 Å². The Kier molecular flexibility index (Phi) is 5.39. The van der Waals surface area contributed by atoms with Crippen LogP contribution in [0.5, 0.6) is 0 Å². The molecule has 1 aromatic heterocycles. The Balaban J connectivity index is 1.68. The number of hydrogen-bond acceptors (Lipinski definition) is 5. The van der Waals surface area contributed by atoms with Gasteiger partial charge in [0.15, 0.2) is 0 Å². The van der Waals surface area contributed by atoms with Gasteiger partial charge in [0.2, 0.25) is 0 Å². The predicted molar refractivity (Wildman–Crippen MR) is 103 cm³/mol. The van der Waals surface area contributed by atoms with E-state index in [2.05, 4.69) is 22.1 Å². The zero-order valence-electron chi connectivity index (χ0n) is 16.8. The first kappa shape index (κ1) is 18.9. The molecule has 3 rings (SSSR count). The van der Waals surface area contributed by atoms with Crippen molar-refractivity contribution in [2.24, 2.45) is 0 Å². The molecule has 0 radical (unpaired) electrons. The van der Waals surface area contributed by atoms with Gasteiger partial charge in [0, 0.05) is 29.9 Å². The van der Waals surface area contributed by atoms with Crippen LogP contribution in [0.25, 0.3) is 0 Å². The van der Waals surface area contributed by atoms with Gasteiger partial charge in [-0.15, -0.1) is 0 Å². The van der Waals surface area contributed by atoms with Crippen molar-refractivity contribution in [1.82, 2.24) is 15.3 Å². The topological polar surface area (TPSA) is 67.4 Å². The Hall–Kier alpha value is -1.85. The predicted octanol–water partition coefficient (Wildman–Crippen LogP) is 3.55. The summed E-state index contributed by atoms with van der Waals surface area (Å²) in [5.41, 5.74) is 2.11. The van der Waals surface area contributed by atoms with Crippen LogP contribution in [0.4, 0.5) is 10.6 Å². The van der Waals surface area contributed by atoms with Crippen molar-refractivity contribution in [2.75, 3.05) is 11.4 Å². The fraction of sp³-hybridized carbons (Fsp3) is 0.750. The summed E-state index contributed by atoms with van der Waals surface area (Å²) in [5.74, 6) is 1.98. The monoisotopic (exact) mass is 360 g/mol. The third kappa shape index (κ3) is 4.46. The molecule has 1 aliphatic heterocycles. The van der Waals surface area contributed by atoms with Gasteiger partial charge in [-0.3, -0.25) is 0 Å². The second-order valence-electron chi connectivity index (χ2n) is 8.64. The third-order valence-corrected chi connectivity index (χ3v) is 5.14. The Bertz CT molecular complexity index is 669. The number of carbonyl (C=O) groups is 1. The van der Waals surface area contributed by atoms with Crippen LogP contribution in [0.2, 0.25) is 0 Å². The Morgan fingerprint density at radius 2 is 1.96 bits per heavy atom. The molecule has 1 fully saturated rings. The Labute approximate surface area is 156 Å². The maximum Gasteiger partial charge on any atom is 0.407 e. The van der Waals surface area contributed by atoms with Gasteiger partial charge in [-0.05, 0) is 73.1 Å². The number of carbonyl (C=O) groups excluding carboxylic acids is 1. The molecule has 2 aliphatic rings. The summed E-state index contributed by atoms with van der Waals surface area (Å²) in [6, 6.07) is 0.471. The molecule has 6 nitrogen and oxygen atoms in total. The number of nitrogens with one attached hydrogen (secondary N) is 1. The van der Waals surface area contributed by atoms with Gasteiger partial charge in [0.1, 0.15) is 17.2 Å². The lowest BCUT2D eigenvalue weighted by Crippen LogP contribution is -2.50. The first-order chi connectivity index (χ1) is 12.2. The van der Waals surface area contributed by atoms with Gasteiger partial charge in [-0.25, -0.2) is 14.8 Å². The highest BCUT2D eigenvalue weighted by Gasteiger charge is 2.31. The number of aromatic nitrogens is 2. The van der Waals surface area contributed by atoms with Crippen molar-refractivity contribution in [3.63, 3.8) is 0 Å². The number of rotatable bonds is 2. The fourth-order valence-corrected chi connectivity index (χ4v) is 4.02. The van der Waals surface area contributed by atoms with Crippen molar-refractivity contribution in [2.45, 2.75) is 90.8 Å². The molecule has 1 saturated heterocycles. The summed E-state index contributed by atoms with van der Waals surface area (Å²) in [6.45, 7) is 10.8. The van der Waals surface area contributed by atoms with Crippen LogP contribution in [-0.2, 0) is 17.6 Å². The van der Waals surface area contributed by atoms with Crippen molar-refractivity contribution >= 4 is 11.9 Å². The number of anilines is 1. The maximum atomic E-state index is 12.1. The Morgan fingerprint density at radius 1 is 1.23 bits per heavy atom. The van der Waals surface area contributed by atoms with E-state index in [-0.39, 0.29) is 12.1 Å². The van der Waals surface area contributed by atoms with E-state index in [1.807, 2.05) is 27.7 Å². The summed E-state index contributed by atoms with van der Waals surface area (Å²) >= 11 is 0. The molecule has 1 amide bonds. The average molecular weight is 361 g/mol. The number of aryl methyl sites for hydroxylation is 2. The van der Waals surface area contributed by atoms with E-state index in [0.29, 0.717) is 6.04 Å². The first-order valence-electron chi connectivity index (χ1n) is 9.85. The quantitative estimate of drug-likeness (QED) is 0.874. The van der Waals surface area contributed by atoms with Crippen LogP contribution >= 0.6 is 0 Å². The SMILES string of the molecule is Cc1nc2c(c(N3CCC(NC(=O)OC(C)(C)C)CC3C)n1)CCCC2. The molecular weight excluding hydrogens is 328 g/mol. The molecule has 0 spiro atoms. The summed E-state index contributed by atoms with van der Waals surface area (Å²) in [4.78, 5) is 23.9. The lowest BCUT2D eigenvalue weighted by atomic mass is 9.93. The number of fused-ring (bicyclic) bond motifs is 1. The second kappa shape index (κ2) is 7.41. The van der Waals surface area contributed by atoms with E-state index < -0.39 is 5.60 Å². The Morgan fingerprint density at radius 3 is 2.65 bits per heavy atom. The van der Waals surface area contributed by atoms with Gasteiger partial charge in [-0.2, -0.15) is 0 Å². The molecule has 6 heteroatoms.